The summed E-state index contributed by atoms with van der Waals surface area (Å²) in [6.45, 7) is 1.12. The topological polar surface area (TPSA) is 98.5 Å². The van der Waals surface area contributed by atoms with Gasteiger partial charge in [-0.3, -0.25) is 19.7 Å². The summed E-state index contributed by atoms with van der Waals surface area (Å²) in [6, 6.07) is 7.15. The molecule has 24 heavy (non-hydrogen) atoms. The van der Waals surface area contributed by atoms with Crippen molar-refractivity contribution in [3.05, 3.63) is 62.4 Å². The van der Waals surface area contributed by atoms with Gasteiger partial charge in [-0.15, -0.1) is 0 Å². The summed E-state index contributed by atoms with van der Waals surface area (Å²) in [5.41, 5.74) is -0.752. The Morgan fingerprint density at radius 1 is 1.25 bits per heavy atom. The van der Waals surface area contributed by atoms with Crippen LogP contribution in [0.15, 0.2) is 40.9 Å². The van der Waals surface area contributed by atoms with Gasteiger partial charge in [0.2, 0.25) is 0 Å². The predicted octanol–water partition coefficient (Wildman–Crippen LogP) is 3.67. The average Bonchev–Trinajstić information content (AvgIpc) is 2.49. The summed E-state index contributed by atoms with van der Waals surface area (Å²) < 4.78 is 19.2. The molecule has 0 saturated heterocycles. The number of nitrogens with zero attached hydrogens (tertiary/aromatic N) is 1. The summed E-state index contributed by atoms with van der Waals surface area (Å²) in [7, 11) is 0. The van der Waals surface area contributed by atoms with Gasteiger partial charge < -0.3 is 10.1 Å². The Labute approximate surface area is 143 Å². The summed E-state index contributed by atoms with van der Waals surface area (Å²) in [6.07, 6.45) is 0. The number of carbonyl (C=O) groups is 2. The summed E-state index contributed by atoms with van der Waals surface area (Å²) in [5.74, 6) is -2.41. The number of nitro groups is 1. The lowest BCUT2D eigenvalue weighted by atomic mass is 10.1. The maximum absolute atomic E-state index is 13.8. The molecule has 1 amide bonds. The highest BCUT2D eigenvalue weighted by atomic mass is 79.9. The van der Waals surface area contributed by atoms with Gasteiger partial charge in [0, 0.05) is 23.5 Å². The van der Waals surface area contributed by atoms with Crippen molar-refractivity contribution in [2.75, 3.05) is 5.32 Å². The third-order valence-electron chi connectivity index (χ3n) is 2.85. The molecular weight excluding hydrogens is 387 g/mol. The SMILES string of the molecule is CC(=O)Oc1ccc([N+](=O)[O-])cc1C(=O)Nc1ccc(Br)cc1F. The third kappa shape index (κ3) is 4.13. The number of hydrogen-bond acceptors (Lipinski definition) is 5. The zero-order valence-electron chi connectivity index (χ0n) is 12.2. The normalized spacial score (nSPS) is 10.1. The monoisotopic (exact) mass is 396 g/mol. The van der Waals surface area contributed by atoms with Gasteiger partial charge in [0.15, 0.2) is 0 Å². The Morgan fingerprint density at radius 2 is 1.96 bits per heavy atom. The van der Waals surface area contributed by atoms with E-state index in [0.717, 1.165) is 31.2 Å². The smallest absolute Gasteiger partial charge is 0.308 e. The van der Waals surface area contributed by atoms with Crippen LogP contribution in [0.2, 0.25) is 0 Å². The zero-order valence-corrected chi connectivity index (χ0v) is 13.8. The van der Waals surface area contributed by atoms with E-state index in [1.165, 1.54) is 12.1 Å². The van der Waals surface area contributed by atoms with Crippen LogP contribution >= 0.6 is 15.9 Å². The van der Waals surface area contributed by atoms with E-state index in [9.17, 15) is 24.1 Å². The second kappa shape index (κ2) is 7.18. The van der Waals surface area contributed by atoms with Crippen molar-refractivity contribution in [3.63, 3.8) is 0 Å². The van der Waals surface area contributed by atoms with Crippen LogP contribution in [0.1, 0.15) is 17.3 Å². The van der Waals surface area contributed by atoms with Crippen LogP contribution in [0.3, 0.4) is 0 Å². The standard InChI is InChI=1S/C15H10BrFN2O5/c1-8(20)24-14-5-3-10(19(22)23)7-11(14)15(21)18-13-4-2-9(16)6-12(13)17/h2-7H,1H3,(H,18,21). The molecule has 0 aliphatic carbocycles. The number of halogens is 2. The minimum absolute atomic E-state index is 0.122. The molecule has 0 heterocycles. The second-order valence-electron chi connectivity index (χ2n) is 4.61. The zero-order chi connectivity index (χ0) is 17.9. The van der Waals surface area contributed by atoms with Gasteiger partial charge in [-0.2, -0.15) is 0 Å². The van der Waals surface area contributed by atoms with Crippen molar-refractivity contribution in [3.8, 4) is 5.75 Å². The van der Waals surface area contributed by atoms with E-state index in [4.69, 9.17) is 4.74 Å². The maximum Gasteiger partial charge on any atom is 0.308 e. The van der Waals surface area contributed by atoms with Gasteiger partial charge in [-0.25, -0.2) is 4.39 Å². The number of benzene rings is 2. The highest BCUT2D eigenvalue weighted by molar-refractivity contribution is 9.10. The van der Waals surface area contributed by atoms with E-state index < -0.39 is 22.6 Å². The minimum atomic E-state index is -0.851. The van der Waals surface area contributed by atoms with E-state index in [0.29, 0.717) is 4.47 Å². The number of esters is 1. The fourth-order valence-electron chi connectivity index (χ4n) is 1.83. The first-order chi connectivity index (χ1) is 11.3. The van der Waals surface area contributed by atoms with Crippen LogP contribution in [0, 0.1) is 15.9 Å². The van der Waals surface area contributed by atoms with Crippen molar-refractivity contribution < 1.29 is 23.6 Å². The van der Waals surface area contributed by atoms with Gasteiger partial charge in [0.25, 0.3) is 11.6 Å². The van der Waals surface area contributed by atoms with Crippen molar-refractivity contribution in [1.82, 2.24) is 0 Å². The molecule has 0 bridgehead atoms. The van der Waals surface area contributed by atoms with Crippen LogP contribution in [-0.4, -0.2) is 16.8 Å². The van der Waals surface area contributed by atoms with Gasteiger partial charge in [0.05, 0.1) is 16.2 Å². The Kier molecular flexibility index (Phi) is 5.24. The van der Waals surface area contributed by atoms with E-state index in [1.807, 2.05) is 0 Å². The molecule has 0 aliphatic rings. The number of carbonyl (C=O) groups excluding carboxylic acids is 2. The predicted molar refractivity (Wildman–Crippen MR) is 86.5 cm³/mol. The summed E-state index contributed by atoms with van der Waals surface area (Å²) in [5, 5.41) is 13.1. The van der Waals surface area contributed by atoms with E-state index in [1.54, 1.807) is 0 Å². The Hall–Kier alpha value is -2.81. The number of anilines is 1. The van der Waals surface area contributed by atoms with Gasteiger partial charge in [-0.1, -0.05) is 15.9 Å². The Bertz CT molecular complexity index is 841. The van der Waals surface area contributed by atoms with Crippen LogP contribution < -0.4 is 10.1 Å². The average molecular weight is 397 g/mol. The fraction of sp³-hybridized carbons (Fsp3) is 0.0667. The van der Waals surface area contributed by atoms with E-state index in [2.05, 4.69) is 21.2 Å². The van der Waals surface area contributed by atoms with E-state index >= 15 is 0 Å². The number of non-ortho nitro benzene ring substituents is 1. The molecule has 0 aromatic heterocycles. The molecule has 0 atom stereocenters. The van der Waals surface area contributed by atoms with Gasteiger partial charge in [0.1, 0.15) is 11.6 Å². The number of ether oxygens (including phenoxy) is 1. The third-order valence-corrected chi connectivity index (χ3v) is 3.34. The van der Waals surface area contributed by atoms with Crippen LogP contribution in [-0.2, 0) is 4.79 Å². The second-order valence-corrected chi connectivity index (χ2v) is 5.53. The highest BCUT2D eigenvalue weighted by Gasteiger charge is 2.20. The molecule has 0 aliphatic heterocycles. The van der Waals surface area contributed by atoms with Gasteiger partial charge in [-0.05, 0) is 24.3 Å². The quantitative estimate of drug-likeness (QED) is 0.367. The number of nitro benzene ring substituents is 1. The molecule has 9 heteroatoms. The van der Waals surface area contributed by atoms with Crippen molar-refractivity contribution in [2.45, 2.75) is 6.92 Å². The minimum Gasteiger partial charge on any atom is -0.426 e. The Morgan fingerprint density at radius 3 is 2.54 bits per heavy atom. The van der Waals surface area contributed by atoms with Crippen LogP contribution in [0.4, 0.5) is 15.8 Å². The van der Waals surface area contributed by atoms with Crippen LogP contribution in [0.5, 0.6) is 5.75 Å². The molecule has 1 N–H and O–H groups in total. The number of rotatable bonds is 4. The van der Waals surface area contributed by atoms with Crippen LogP contribution in [0.25, 0.3) is 0 Å². The lowest BCUT2D eigenvalue weighted by molar-refractivity contribution is -0.384. The van der Waals surface area contributed by atoms with Crippen molar-refractivity contribution >= 4 is 39.2 Å². The molecule has 0 radical (unpaired) electrons. The molecule has 2 aromatic carbocycles. The molecule has 0 spiro atoms. The molecule has 2 rings (SSSR count). The lowest BCUT2D eigenvalue weighted by Gasteiger charge is -2.10. The molecule has 7 nitrogen and oxygen atoms in total. The molecule has 124 valence electrons. The molecule has 0 unspecified atom stereocenters. The van der Waals surface area contributed by atoms with Crippen molar-refractivity contribution in [1.29, 1.82) is 0 Å². The van der Waals surface area contributed by atoms with E-state index in [-0.39, 0.29) is 22.7 Å². The molecule has 0 fully saturated rings. The number of nitrogens with one attached hydrogen (secondary N) is 1. The first kappa shape index (κ1) is 17.5. The molecule has 2 aromatic rings. The van der Waals surface area contributed by atoms with Crippen molar-refractivity contribution in [2.24, 2.45) is 0 Å². The molecule has 0 saturated carbocycles. The largest absolute Gasteiger partial charge is 0.426 e. The first-order valence-corrected chi connectivity index (χ1v) is 7.30. The number of amides is 1. The first-order valence-electron chi connectivity index (χ1n) is 6.51. The summed E-state index contributed by atoms with van der Waals surface area (Å²) in [4.78, 5) is 33.6. The maximum atomic E-state index is 13.8. The molecular formula is C15H10BrFN2O5. The highest BCUT2D eigenvalue weighted by Crippen LogP contribution is 2.26. The lowest BCUT2D eigenvalue weighted by Crippen LogP contribution is -2.16. The number of hydrogen-bond donors (Lipinski definition) is 1. The summed E-state index contributed by atoms with van der Waals surface area (Å²) >= 11 is 3.09. The van der Waals surface area contributed by atoms with Gasteiger partial charge >= 0.3 is 5.97 Å². The fourth-order valence-corrected chi connectivity index (χ4v) is 2.17. The Balaban J connectivity index is 2.40.